The Labute approximate surface area is 90.0 Å². The molecule has 0 saturated heterocycles. The molecule has 2 heterocycles. The fraction of sp³-hybridized carbons (Fsp3) is 0.100. The maximum absolute atomic E-state index is 11.7. The van der Waals surface area contributed by atoms with Crippen molar-refractivity contribution < 1.29 is 9.59 Å². The van der Waals surface area contributed by atoms with Crippen LogP contribution in [0.5, 0.6) is 0 Å². The van der Waals surface area contributed by atoms with E-state index < -0.39 is 0 Å². The van der Waals surface area contributed by atoms with Gasteiger partial charge in [0, 0.05) is 17.5 Å². The Kier molecular flexibility index (Phi) is 2.73. The van der Waals surface area contributed by atoms with Crippen molar-refractivity contribution in [3.05, 3.63) is 40.1 Å². The smallest absolute Gasteiger partial charge is 0.184 e. The monoisotopic (exact) mass is 220 g/mol. The highest BCUT2D eigenvalue weighted by atomic mass is 32.1. The third-order valence-electron chi connectivity index (χ3n) is 1.95. The Bertz CT molecular complexity index is 473. The minimum Gasteiger partial charge on any atom is -0.350 e. The largest absolute Gasteiger partial charge is 0.350 e. The number of H-pyrrole nitrogens is 1. The van der Waals surface area contributed by atoms with Crippen LogP contribution in [0.1, 0.15) is 25.9 Å². The zero-order valence-corrected chi connectivity index (χ0v) is 8.58. The van der Waals surface area contributed by atoms with Crippen molar-refractivity contribution in [3.63, 3.8) is 0 Å². The Morgan fingerprint density at radius 3 is 3.00 bits per heavy atom. The van der Waals surface area contributed by atoms with Crippen LogP contribution in [0.15, 0.2) is 23.8 Å². The molecule has 0 fully saturated rings. The van der Waals surface area contributed by atoms with Crippen LogP contribution >= 0.6 is 11.3 Å². The summed E-state index contributed by atoms with van der Waals surface area (Å²) in [5.74, 6) is -0.0349. The summed E-state index contributed by atoms with van der Waals surface area (Å²) in [6.07, 6.45) is 2.68. The Morgan fingerprint density at radius 1 is 1.53 bits per heavy atom. The van der Waals surface area contributed by atoms with Crippen molar-refractivity contribution >= 4 is 23.4 Å². The van der Waals surface area contributed by atoms with Crippen molar-refractivity contribution in [2.24, 2.45) is 0 Å². The molecule has 5 heteroatoms. The molecule has 2 rings (SSSR count). The predicted molar refractivity (Wildman–Crippen MR) is 56.3 cm³/mol. The number of carbonyl (C=O) groups excluding carboxylic acids is 2. The fourth-order valence-electron chi connectivity index (χ4n) is 1.23. The number of Topliss-reactive ketones (excluding diaryl/α,β-unsaturated/α-hetero) is 1. The van der Waals surface area contributed by atoms with E-state index in [4.69, 9.17) is 0 Å². The van der Waals surface area contributed by atoms with E-state index in [2.05, 4.69) is 9.97 Å². The highest BCUT2D eigenvalue weighted by Gasteiger charge is 2.09. The molecule has 0 saturated carbocycles. The molecule has 0 aliphatic rings. The predicted octanol–water partition coefficient (Wildman–Crippen LogP) is 1.71. The summed E-state index contributed by atoms with van der Waals surface area (Å²) in [5.41, 5.74) is 2.57. The van der Waals surface area contributed by atoms with Crippen molar-refractivity contribution in [2.45, 2.75) is 6.42 Å². The maximum Gasteiger partial charge on any atom is 0.184 e. The number of hydrogen-bond acceptors (Lipinski definition) is 4. The summed E-state index contributed by atoms with van der Waals surface area (Å²) in [5, 5.41) is 0. The molecule has 76 valence electrons. The molecular formula is C10H8N2O2S. The summed E-state index contributed by atoms with van der Waals surface area (Å²) < 4.78 is 0. The molecule has 0 aromatic carbocycles. The molecule has 0 aliphatic heterocycles. The SMILES string of the molecule is O=Cc1ccc(C(=O)Cc2cncs2)[nH]1. The van der Waals surface area contributed by atoms with Gasteiger partial charge in [-0.3, -0.25) is 14.6 Å². The van der Waals surface area contributed by atoms with E-state index in [0.29, 0.717) is 24.1 Å². The first-order valence-electron chi connectivity index (χ1n) is 4.34. The van der Waals surface area contributed by atoms with Crippen LogP contribution in [-0.4, -0.2) is 22.0 Å². The fourth-order valence-corrected chi connectivity index (χ4v) is 1.82. The second kappa shape index (κ2) is 4.18. The van der Waals surface area contributed by atoms with Gasteiger partial charge in [0.2, 0.25) is 0 Å². The van der Waals surface area contributed by atoms with Gasteiger partial charge in [0.05, 0.1) is 16.9 Å². The standard InChI is InChI=1S/C10H8N2O2S/c13-5-7-1-2-9(12-7)10(14)3-8-4-11-6-15-8/h1-2,4-6,12H,3H2. The van der Waals surface area contributed by atoms with E-state index in [1.165, 1.54) is 11.3 Å². The first-order valence-corrected chi connectivity index (χ1v) is 5.22. The number of nitrogens with zero attached hydrogens (tertiary/aromatic N) is 1. The maximum atomic E-state index is 11.7. The molecule has 0 atom stereocenters. The number of thiazole rings is 1. The molecule has 0 spiro atoms. The Balaban J connectivity index is 2.11. The van der Waals surface area contributed by atoms with Crippen LogP contribution in [-0.2, 0) is 6.42 Å². The van der Waals surface area contributed by atoms with Crippen LogP contribution in [0.2, 0.25) is 0 Å². The van der Waals surface area contributed by atoms with Crippen LogP contribution < -0.4 is 0 Å². The number of aldehydes is 1. The highest BCUT2D eigenvalue weighted by molar-refractivity contribution is 7.09. The number of ketones is 1. The summed E-state index contributed by atoms with van der Waals surface area (Å²) in [6.45, 7) is 0. The minimum absolute atomic E-state index is 0.0349. The number of carbonyl (C=O) groups is 2. The highest BCUT2D eigenvalue weighted by Crippen LogP contribution is 2.10. The van der Waals surface area contributed by atoms with E-state index in [-0.39, 0.29) is 5.78 Å². The molecule has 0 aliphatic carbocycles. The number of aromatic amines is 1. The molecule has 4 nitrogen and oxygen atoms in total. The van der Waals surface area contributed by atoms with Gasteiger partial charge in [0.25, 0.3) is 0 Å². The van der Waals surface area contributed by atoms with E-state index >= 15 is 0 Å². The molecule has 0 bridgehead atoms. The first kappa shape index (κ1) is 9.79. The average Bonchev–Trinajstić information content (AvgIpc) is 2.86. The van der Waals surface area contributed by atoms with Crippen molar-refractivity contribution in [3.8, 4) is 0 Å². The van der Waals surface area contributed by atoms with Crippen LogP contribution in [0.25, 0.3) is 0 Å². The minimum atomic E-state index is -0.0349. The second-order valence-corrected chi connectivity index (χ2v) is 3.98. The first-order chi connectivity index (χ1) is 7.29. The molecule has 0 unspecified atom stereocenters. The normalized spacial score (nSPS) is 10.1. The van der Waals surface area contributed by atoms with Gasteiger partial charge >= 0.3 is 0 Å². The quantitative estimate of drug-likeness (QED) is 0.630. The second-order valence-electron chi connectivity index (χ2n) is 3.01. The number of hydrogen-bond donors (Lipinski definition) is 1. The van der Waals surface area contributed by atoms with Gasteiger partial charge < -0.3 is 4.98 Å². The van der Waals surface area contributed by atoms with Gasteiger partial charge in [0.15, 0.2) is 12.1 Å². The van der Waals surface area contributed by atoms with Crippen LogP contribution in [0.3, 0.4) is 0 Å². The zero-order chi connectivity index (χ0) is 10.7. The van der Waals surface area contributed by atoms with Crippen LogP contribution in [0.4, 0.5) is 0 Å². The summed E-state index contributed by atoms with van der Waals surface area (Å²) in [6, 6.07) is 3.21. The van der Waals surface area contributed by atoms with E-state index in [1.807, 2.05) is 0 Å². The number of rotatable bonds is 4. The summed E-state index contributed by atoms with van der Waals surface area (Å²) in [7, 11) is 0. The van der Waals surface area contributed by atoms with E-state index in [1.54, 1.807) is 23.8 Å². The Morgan fingerprint density at radius 2 is 2.40 bits per heavy atom. The van der Waals surface area contributed by atoms with Gasteiger partial charge in [0.1, 0.15) is 0 Å². The third kappa shape index (κ3) is 2.19. The van der Waals surface area contributed by atoms with Gasteiger partial charge in [-0.2, -0.15) is 0 Å². The topological polar surface area (TPSA) is 62.8 Å². The molecule has 2 aromatic rings. The molecule has 0 amide bonds. The summed E-state index contributed by atoms with van der Waals surface area (Å²) >= 11 is 1.44. The number of nitrogens with one attached hydrogen (secondary N) is 1. The lowest BCUT2D eigenvalue weighted by Gasteiger charge is -1.94. The molecular weight excluding hydrogens is 212 g/mol. The molecule has 2 aromatic heterocycles. The van der Waals surface area contributed by atoms with E-state index in [9.17, 15) is 9.59 Å². The zero-order valence-electron chi connectivity index (χ0n) is 7.77. The van der Waals surface area contributed by atoms with Crippen LogP contribution in [0, 0.1) is 0 Å². The lowest BCUT2D eigenvalue weighted by atomic mass is 10.2. The third-order valence-corrected chi connectivity index (χ3v) is 2.73. The van der Waals surface area contributed by atoms with Gasteiger partial charge in [-0.25, -0.2) is 0 Å². The molecule has 15 heavy (non-hydrogen) atoms. The average molecular weight is 220 g/mol. The van der Waals surface area contributed by atoms with Gasteiger partial charge in [-0.15, -0.1) is 11.3 Å². The molecule has 0 radical (unpaired) electrons. The molecule has 1 N–H and O–H groups in total. The van der Waals surface area contributed by atoms with E-state index in [0.717, 1.165) is 4.88 Å². The Hall–Kier alpha value is -1.75. The van der Waals surface area contributed by atoms with Crippen molar-refractivity contribution in [1.82, 2.24) is 9.97 Å². The lowest BCUT2D eigenvalue weighted by Crippen LogP contribution is -2.02. The summed E-state index contributed by atoms with van der Waals surface area (Å²) in [4.78, 5) is 29.6. The number of aromatic nitrogens is 2. The lowest BCUT2D eigenvalue weighted by molar-refractivity contribution is 0.0989. The van der Waals surface area contributed by atoms with Gasteiger partial charge in [-0.05, 0) is 12.1 Å². The van der Waals surface area contributed by atoms with Crippen molar-refractivity contribution in [1.29, 1.82) is 0 Å². The van der Waals surface area contributed by atoms with Gasteiger partial charge in [-0.1, -0.05) is 0 Å². The van der Waals surface area contributed by atoms with Crippen molar-refractivity contribution in [2.75, 3.05) is 0 Å².